The van der Waals surface area contributed by atoms with E-state index in [1.807, 2.05) is 103 Å². The first-order chi connectivity index (χ1) is 30.7. The van der Waals surface area contributed by atoms with Crippen LogP contribution in [0.4, 0.5) is 0 Å². The molecule has 0 saturated heterocycles. The average Bonchev–Trinajstić information content (AvgIpc) is 3.69. The highest BCUT2D eigenvalue weighted by atomic mass is 32.2. The molecule has 8 heteroatoms. The molecule has 62 heavy (non-hydrogen) atoms. The summed E-state index contributed by atoms with van der Waals surface area (Å²) in [7, 11) is 0. The van der Waals surface area contributed by atoms with E-state index in [0.717, 1.165) is 70.5 Å². The van der Waals surface area contributed by atoms with Crippen LogP contribution >= 0.6 is 11.8 Å². The molecule has 0 N–H and O–H groups in total. The van der Waals surface area contributed by atoms with Crippen LogP contribution in [0.15, 0.2) is 222 Å². The van der Waals surface area contributed by atoms with E-state index in [1.54, 1.807) is 11.8 Å². The molecule has 0 aliphatic heterocycles. The predicted octanol–water partition coefficient (Wildman–Crippen LogP) is 13.3. The molecule has 0 aliphatic rings. The van der Waals surface area contributed by atoms with Crippen LogP contribution in [0, 0.1) is 0 Å². The van der Waals surface area contributed by atoms with Crippen molar-refractivity contribution >= 4 is 33.6 Å². The number of hydrogen-bond donors (Lipinski definition) is 0. The Morgan fingerprint density at radius 2 is 0.710 bits per heavy atom. The van der Waals surface area contributed by atoms with Crippen molar-refractivity contribution in [2.24, 2.45) is 0 Å². The molecule has 0 radical (unpaired) electrons. The van der Waals surface area contributed by atoms with Crippen LogP contribution in [0.2, 0.25) is 0 Å². The highest BCUT2D eigenvalue weighted by Crippen LogP contribution is 2.36. The topological polar surface area (TPSA) is 82.3 Å². The van der Waals surface area contributed by atoms with Crippen molar-refractivity contribution in [2.75, 3.05) is 0 Å². The molecule has 0 unspecified atom stereocenters. The van der Waals surface area contributed by atoms with Crippen molar-refractivity contribution in [1.29, 1.82) is 0 Å². The number of rotatable bonds is 9. The first-order valence-electron chi connectivity index (χ1n) is 20.4. The van der Waals surface area contributed by atoms with E-state index in [1.165, 1.54) is 0 Å². The smallest absolute Gasteiger partial charge is 0.238 e. The highest BCUT2D eigenvalue weighted by molar-refractivity contribution is 7.99. The largest absolute Gasteiger partial charge is 0.278 e. The quantitative estimate of drug-likeness (QED) is 0.143. The first kappa shape index (κ1) is 37.0. The number of benzene rings is 8. The summed E-state index contributed by atoms with van der Waals surface area (Å²) in [5.74, 6) is 3.65. The van der Waals surface area contributed by atoms with E-state index >= 15 is 0 Å². The summed E-state index contributed by atoms with van der Waals surface area (Å²) in [4.78, 5) is 32.3. The van der Waals surface area contributed by atoms with E-state index in [2.05, 4.69) is 114 Å². The van der Waals surface area contributed by atoms with Gasteiger partial charge in [0.1, 0.15) is 0 Å². The maximum atomic E-state index is 5.21. The molecule has 0 spiro atoms. The van der Waals surface area contributed by atoms with Crippen molar-refractivity contribution in [1.82, 2.24) is 34.5 Å². The summed E-state index contributed by atoms with van der Waals surface area (Å²) < 4.78 is 2.17. The Balaban J connectivity index is 0.956. The third kappa shape index (κ3) is 7.29. The lowest BCUT2D eigenvalue weighted by atomic mass is 10.0. The maximum Gasteiger partial charge on any atom is 0.238 e. The minimum atomic E-state index is 0.560. The molecule has 11 aromatic rings. The molecule has 0 aliphatic carbocycles. The standard InChI is InChI=1S/C54H35N7S/c1-5-16-36(17-6-1)41-30-33-46-45-26-13-14-27-47(45)61(48(46)35-41)54-59-51(39-22-11-4-12-23-39)58-52(60-54)40-28-31-43(32-29-40)62-44-25-15-24-42(34-44)53-56-49(37-18-7-2-8-19-37)55-50(57-53)38-20-9-3-10-21-38/h1-35H. The van der Waals surface area contributed by atoms with Gasteiger partial charge in [-0.05, 0) is 47.5 Å². The Kier molecular flexibility index (Phi) is 9.65. The van der Waals surface area contributed by atoms with Crippen LogP contribution in [-0.2, 0) is 0 Å². The molecular weight excluding hydrogens is 779 g/mol. The molecule has 7 nitrogen and oxygen atoms in total. The fraction of sp³-hybridized carbons (Fsp3) is 0. The molecule has 3 aromatic heterocycles. The van der Waals surface area contributed by atoms with Gasteiger partial charge in [0.2, 0.25) is 5.95 Å². The number of nitrogens with zero attached hydrogens (tertiary/aromatic N) is 7. The van der Waals surface area contributed by atoms with E-state index in [4.69, 9.17) is 29.9 Å². The van der Waals surface area contributed by atoms with E-state index < -0.39 is 0 Å². The van der Waals surface area contributed by atoms with Gasteiger partial charge >= 0.3 is 0 Å². The molecule has 0 saturated carbocycles. The molecule has 0 fully saturated rings. The van der Waals surface area contributed by atoms with Gasteiger partial charge in [0.05, 0.1) is 11.0 Å². The van der Waals surface area contributed by atoms with Crippen LogP contribution < -0.4 is 0 Å². The van der Waals surface area contributed by atoms with Gasteiger partial charge in [-0.25, -0.2) is 19.9 Å². The SMILES string of the molecule is c1ccc(-c2ccc3c4ccccc4n(-c4nc(-c5ccccc5)nc(-c5ccc(Sc6cccc(-c7nc(-c8ccccc8)nc(-c8ccccc8)n7)c6)cc5)n4)c3c2)cc1. The van der Waals surface area contributed by atoms with Crippen molar-refractivity contribution in [3.05, 3.63) is 212 Å². The van der Waals surface area contributed by atoms with Crippen LogP contribution in [-0.4, -0.2) is 34.5 Å². The minimum absolute atomic E-state index is 0.560. The zero-order valence-corrected chi connectivity index (χ0v) is 34.1. The van der Waals surface area contributed by atoms with Crippen LogP contribution in [0.5, 0.6) is 0 Å². The Hall–Kier alpha value is -8.07. The predicted molar refractivity (Wildman–Crippen MR) is 251 cm³/mol. The van der Waals surface area contributed by atoms with Gasteiger partial charge < -0.3 is 0 Å². The molecular formula is C54H35N7S. The van der Waals surface area contributed by atoms with Crippen LogP contribution in [0.1, 0.15) is 0 Å². The molecule has 0 bridgehead atoms. The van der Waals surface area contributed by atoms with Gasteiger partial charge in [0.15, 0.2) is 29.1 Å². The summed E-state index contributed by atoms with van der Waals surface area (Å²) in [5, 5.41) is 2.28. The summed E-state index contributed by atoms with van der Waals surface area (Å²) in [6.07, 6.45) is 0. The molecule has 8 aromatic carbocycles. The zero-order valence-electron chi connectivity index (χ0n) is 33.2. The fourth-order valence-electron chi connectivity index (χ4n) is 7.75. The third-order valence-corrected chi connectivity index (χ3v) is 11.8. The Morgan fingerprint density at radius 3 is 1.29 bits per heavy atom. The number of fused-ring (bicyclic) bond motifs is 3. The lowest BCUT2D eigenvalue weighted by Crippen LogP contribution is -2.06. The van der Waals surface area contributed by atoms with Gasteiger partial charge in [-0.3, -0.25) is 4.57 Å². The molecule has 0 amide bonds. The van der Waals surface area contributed by atoms with Crippen molar-refractivity contribution in [3.63, 3.8) is 0 Å². The van der Waals surface area contributed by atoms with E-state index in [9.17, 15) is 0 Å². The summed E-state index contributed by atoms with van der Waals surface area (Å²) >= 11 is 1.68. The fourth-order valence-corrected chi connectivity index (χ4v) is 8.63. The van der Waals surface area contributed by atoms with Gasteiger partial charge in [0.25, 0.3) is 0 Å². The number of aromatic nitrogens is 7. The highest BCUT2D eigenvalue weighted by Gasteiger charge is 2.19. The lowest BCUT2D eigenvalue weighted by Gasteiger charge is -2.12. The second-order valence-electron chi connectivity index (χ2n) is 14.8. The molecule has 3 heterocycles. The van der Waals surface area contributed by atoms with Crippen LogP contribution in [0.3, 0.4) is 0 Å². The summed E-state index contributed by atoms with van der Waals surface area (Å²) in [6, 6.07) is 72.5. The minimum Gasteiger partial charge on any atom is -0.278 e. The zero-order chi connectivity index (χ0) is 41.2. The lowest BCUT2D eigenvalue weighted by molar-refractivity contribution is 0.953. The van der Waals surface area contributed by atoms with Crippen LogP contribution in [0.25, 0.3) is 95.8 Å². The maximum absolute atomic E-state index is 5.21. The first-order valence-corrected chi connectivity index (χ1v) is 21.2. The Morgan fingerprint density at radius 1 is 0.274 bits per heavy atom. The Bertz CT molecular complexity index is 3300. The van der Waals surface area contributed by atoms with E-state index in [0.29, 0.717) is 35.1 Å². The molecule has 292 valence electrons. The second kappa shape index (κ2) is 16.2. The Labute approximate surface area is 362 Å². The normalized spacial score (nSPS) is 11.3. The number of hydrogen-bond acceptors (Lipinski definition) is 7. The average molecular weight is 814 g/mol. The van der Waals surface area contributed by atoms with E-state index in [-0.39, 0.29) is 0 Å². The van der Waals surface area contributed by atoms with Crippen molar-refractivity contribution < 1.29 is 0 Å². The second-order valence-corrected chi connectivity index (χ2v) is 15.9. The van der Waals surface area contributed by atoms with Gasteiger partial charge in [-0.15, -0.1) is 0 Å². The van der Waals surface area contributed by atoms with Crippen molar-refractivity contribution in [2.45, 2.75) is 9.79 Å². The monoisotopic (exact) mass is 813 g/mol. The summed E-state index contributed by atoms with van der Waals surface area (Å²) in [6.45, 7) is 0. The summed E-state index contributed by atoms with van der Waals surface area (Å²) in [5.41, 5.74) is 8.93. The molecule has 11 rings (SSSR count). The third-order valence-electron chi connectivity index (χ3n) is 10.8. The number of para-hydroxylation sites is 1. The van der Waals surface area contributed by atoms with Crippen molar-refractivity contribution in [3.8, 4) is 74.0 Å². The molecule has 0 atom stereocenters. The van der Waals surface area contributed by atoms with Gasteiger partial charge in [-0.1, -0.05) is 188 Å². The van der Waals surface area contributed by atoms with Gasteiger partial charge in [-0.2, -0.15) is 9.97 Å². The van der Waals surface area contributed by atoms with Gasteiger partial charge in [0, 0.05) is 48.4 Å².